The van der Waals surface area contributed by atoms with E-state index in [-0.39, 0.29) is 24.1 Å². The summed E-state index contributed by atoms with van der Waals surface area (Å²) in [4.78, 5) is 29.8. The fourth-order valence-corrected chi connectivity index (χ4v) is 2.36. The Labute approximate surface area is 111 Å². The normalized spacial score (nSPS) is 31.5. The molecule has 7 heteroatoms. The molecule has 0 aromatic heterocycles. The van der Waals surface area contributed by atoms with Gasteiger partial charge in [-0.3, -0.25) is 4.79 Å². The van der Waals surface area contributed by atoms with Gasteiger partial charge in [-0.1, -0.05) is 5.16 Å². The van der Waals surface area contributed by atoms with Crippen molar-refractivity contribution in [3.05, 3.63) is 0 Å². The zero-order chi connectivity index (χ0) is 14.0. The van der Waals surface area contributed by atoms with E-state index >= 15 is 0 Å². The fourth-order valence-electron chi connectivity index (χ4n) is 2.36. The molecule has 1 amide bonds. The maximum absolute atomic E-state index is 12.0. The van der Waals surface area contributed by atoms with Gasteiger partial charge in [0.25, 0.3) is 5.91 Å². The van der Waals surface area contributed by atoms with E-state index in [1.54, 1.807) is 0 Å². The molecule has 0 bridgehead atoms. The van der Waals surface area contributed by atoms with Gasteiger partial charge in [0.15, 0.2) is 5.71 Å². The Morgan fingerprint density at radius 1 is 1.53 bits per heavy atom. The third-order valence-corrected chi connectivity index (χ3v) is 3.76. The van der Waals surface area contributed by atoms with E-state index < -0.39 is 12.1 Å². The molecule has 0 spiro atoms. The highest BCUT2D eigenvalue weighted by Crippen LogP contribution is 2.17. The summed E-state index contributed by atoms with van der Waals surface area (Å²) in [6.07, 6.45) is 1.01. The molecule has 2 aliphatic heterocycles. The van der Waals surface area contributed by atoms with E-state index in [0.29, 0.717) is 6.04 Å². The minimum absolute atomic E-state index is 0.0311. The standard InChI is InChI=1S/C12H19N3O4/c1-7-5-8(3-4-15(7)2)13-11(16)10-6-9(12(17)18)14-19-10/h7-8,10H,3-6H2,1-2H3,(H,13,16)(H,17,18). The Bertz CT molecular complexity index is 410. The SMILES string of the molecule is CC1CC(NC(=O)C2CC(C(=O)O)=NO2)CCN1C. The van der Waals surface area contributed by atoms with Gasteiger partial charge in [0, 0.05) is 25.0 Å². The molecule has 2 heterocycles. The molecule has 3 unspecified atom stereocenters. The van der Waals surface area contributed by atoms with E-state index in [9.17, 15) is 9.59 Å². The predicted octanol–water partition coefficient (Wildman–Crippen LogP) is -0.185. The van der Waals surface area contributed by atoms with Gasteiger partial charge in [0.2, 0.25) is 6.10 Å². The third-order valence-electron chi connectivity index (χ3n) is 3.76. The molecule has 0 radical (unpaired) electrons. The number of amides is 1. The second-order valence-electron chi connectivity index (χ2n) is 5.20. The molecule has 0 aliphatic carbocycles. The van der Waals surface area contributed by atoms with Crippen molar-refractivity contribution in [1.29, 1.82) is 0 Å². The average Bonchev–Trinajstić information content (AvgIpc) is 2.83. The van der Waals surface area contributed by atoms with E-state index in [2.05, 4.69) is 29.3 Å². The summed E-state index contributed by atoms with van der Waals surface area (Å²) >= 11 is 0. The smallest absolute Gasteiger partial charge is 0.353 e. The molecule has 0 aromatic rings. The van der Waals surface area contributed by atoms with E-state index in [1.807, 2.05) is 0 Å². The molecule has 106 valence electrons. The molecular weight excluding hydrogens is 250 g/mol. The summed E-state index contributed by atoms with van der Waals surface area (Å²) in [5.41, 5.74) is -0.100. The first-order valence-corrected chi connectivity index (χ1v) is 6.44. The van der Waals surface area contributed by atoms with Gasteiger partial charge in [-0.2, -0.15) is 0 Å². The van der Waals surface area contributed by atoms with Crippen molar-refractivity contribution in [3.63, 3.8) is 0 Å². The summed E-state index contributed by atoms with van der Waals surface area (Å²) in [5.74, 6) is -1.41. The van der Waals surface area contributed by atoms with Crippen LogP contribution in [0.1, 0.15) is 26.2 Å². The largest absolute Gasteiger partial charge is 0.477 e. The Balaban J connectivity index is 1.81. The van der Waals surface area contributed by atoms with Crippen LogP contribution in [0.4, 0.5) is 0 Å². The zero-order valence-electron chi connectivity index (χ0n) is 11.1. The van der Waals surface area contributed by atoms with Crippen LogP contribution in [0.3, 0.4) is 0 Å². The van der Waals surface area contributed by atoms with Gasteiger partial charge < -0.3 is 20.2 Å². The third kappa shape index (κ3) is 3.23. The molecule has 2 aliphatic rings. The monoisotopic (exact) mass is 269 g/mol. The first kappa shape index (κ1) is 13.8. The maximum Gasteiger partial charge on any atom is 0.353 e. The van der Waals surface area contributed by atoms with Crippen LogP contribution in [-0.2, 0) is 14.4 Å². The number of hydrogen-bond donors (Lipinski definition) is 2. The first-order valence-electron chi connectivity index (χ1n) is 6.44. The lowest BCUT2D eigenvalue weighted by molar-refractivity contribution is -0.132. The molecule has 2 rings (SSSR count). The van der Waals surface area contributed by atoms with E-state index in [0.717, 1.165) is 19.4 Å². The van der Waals surface area contributed by atoms with Gasteiger partial charge >= 0.3 is 5.97 Å². The summed E-state index contributed by atoms with van der Waals surface area (Å²) in [7, 11) is 2.07. The van der Waals surface area contributed by atoms with Crippen molar-refractivity contribution < 1.29 is 19.5 Å². The number of likely N-dealkylation sites (tertiary alicyclic amines) is 1. The second-order valence-corrected chi connectivity index (χ2v) is 5.20. The lowest BCUT2D eigenvalue weighted by Crippen LogP contribution is -2.49. The molecule has 0 aromatic carbocycles. The van der Waals surface area contributed by atoms with Gasteiger partial charge in [0.05, 0.1) is 0 Å². The van der Waals surface area contributed by atoms with Crippen LogP contribution in [0.2, 0.25) is 0 Å². The number of rotatable bonds is 3. The highest BCUT2D eigenvalue weighted by molar-refractivity contribution is 6.36. The quantitative estimate of drug-likeness (QED) is 0.741. The van der Waals surface area contributed by atoms with Crippen LogP contribution < -0.4 is 5.32 Å². The number of nitrogens with one attached hydrogen (secondary N) is 1. The number of carbonyl (C=O) groups is 2. The number of carbonyl (C=O) groups excluding carboxylic acids is 1. The second kappa shape index (κ2) is 5.56. The van der Waals surface area contributed by atoms with E-state index in [4.69, 9.17) is 9.94 Å². The lowest BCUT2D eigenvalue weighted by atomic mass is 9.98. The van der Waals surface area contributed by atoms with Gasteiger partial charge in [-0.15, -0.1) is 0 Å². The van der Waals surface area contributed by atoms with Crippen LogP contribution >= 0.6 is 0 Å². The molecule has 3 atom stereocenters. The van der Waals surface area contributed by atoms with Crippen molar-refractivity contribution in [1.82, 2.24) is 10.2 Å². The van der Waals surface area contributed by atoms with Crippen molar-refractivity contribution in [3.8, 4) is 0 Å². The number of oxime groups is 1. The Morgan fingerprint density at radius 2 is 2.26 bits per heavy atom. The summed E-state index contributed by atoms with van der Waals surface area (Å²) in [6, 6.07) is 0.547. The topological polar surface area (TPSA) is 91.2 Å². The molecule has 1 saturated heterocycles. The van der Waals surface area contributed by atoms with Crippen LogP contribution in [-0.4, -0.2) is 59.4 Å². The number of aliphatic carboxylic acids is 1. The summed E-state index contributed by atoms with van der Waals surface area (Å²) < 4.78 is 0. The van der Waals surface area contributed by atoms with Gasteiger partial charge in [0.1, 0.15) is 0 Å². The molecule has 19 heavy (non-hydrogen) atoms. The maximum atomic E-state index is 12.0. The van der Waals surface area contributed by atoms with Crippen LogP contribution in [0.5, 0.6) is 0 Å². The summed E-state index contributed by atoms with van der Waals surface area (Å²) in [6.45, 7) is 3.06. The average molecular weight is 269 g/mol. The molecule has 1 fully saturated rings. The highest BCUT2D eigenvalue weighted by atomic mass is 16.6. The lowest BCUT2D eigenvalue weighted by Gasteiger charge is -2.35. The van der Waals surface area contributed by atoms with Gasteiger partial charge in [-0.25, -0.2) is 4.79 Å². The number of carboxylic acid groups (broad SMARTS) is 1. The summed E-state index contributed by atoms with van der Waals surface area (Å²) in [5, 5.41) is 15.1. The Kier molecular flexibility index (Phi) is 4.04. The molecule has 0 saturated carbocycles. The van der Waals surface area contributed by atoms with Crippen molar-refractivity contribution in [2.24, 2.45) is 5.16 Å². The van der Waals surface area contributed by atoms with Crippen molar-refractivity contribution in [2.75, 3.05) is 13.6 Å². The predicted molar refractivity (Wildman–Crippen MR) is 67.8 cm³/mol. The van der Waals surface area contributed by atoms with Gasteiger partial charge in [-0.05, 0) is 26.8 Å². The van der Waals surface area contributed by atoms with Crippen LogP contribution in [0.15, 0.2) is 5.16 Å². The minimum Gasteiger partial charge on any atom is -0.477 e. The number of carboxylic acids is 1. The Hall–Kier alpha value is -1.63. The number of nitrogens with zero attached hydrogens (tertiary/aromatic N) is 2. The highest BCUT2D eigenvalue weighted by Gasteiger charge is 2.33. The fraction of sp³-hybridized carbons (Fsp3) is 0.750. The van der Waals surface area contributed by atoms with Crippen LogP contribution in [0, 0.1) is 0 Å². The van der Waals surface area contributed by atoms with E-state index in [1.165, 1.54) is 0 Å². The van der Waals surface area contributed by atoms with Crippen molar-refractivity contribution >= 4 is 17.6 Å². The molecule has 2 N–H and O–H groups in total. The molecular formula is C12H19N3O4. The number of hydrogen-bond acceptors (Lipinski definition) is 5. The first-order chi connectivity index (χ1) is 8.97. The van der Waals surface area contributed by atoms with Crippen LogP contribution in [0.25, 0.3) is 0 Å². The minimum atomic E-state index is -1.14. The zero-order valence-corrected chi connectivity index (χ0v) is 11.1. The van der Waals surface area contributed by atoms with Crippen molar-refractivity contribution in [2.45, 2.75) is 44.4 Å². The number of piperidine rings is 1. The Morgan fingerprint density at radius 3 is 2.84 bits per heavy atom. The molecule has 7 nitrogen and oxygen atoms in total.